The molecule has 0 atom stereocenters. The summed E-state index contributed by atoms with van der Waals surface area (Å²) in [6.07, 6.45) is 3.66. The number of hydrogen-bond acceptors (Lipinski definition) is 1. The number of hydrogen-bond donors (Lipinski definition) is 0. The van der Waals surface area contributed by atoms with E-state index in [9.17, 15) is 4.79 Å². The monoisotopic (exact) mass is 208 g/mol. The Morgan fingerprint density at radius 1 is 1.29 bits per heavy atom. The van der Waals surface area contributed by atoms with Gasteiger partial charge >= 0.3 is 0 Å². The molecule has 0 spiro atoms. The molecule has 1 aliphatic carbocycles. The highest BCUT2D eigenvalue weighted by molar-refractivity contribution is 6.63. The van der Waals surface area contributed by atoms with Gasteiger partial charge in [0.25, 0.3) is 0 Å². The minimum absolute atomic E-state index is 0.207. The Morgan fingerprint density at radius 2 is 1.86 bits per heavy atom. The fourth-order valence-electron chi connectivity index (χ4n) is 2.17. The molecule has 0 radical (unpaired) electrons. The van der Waals surface area contributed by atoms with Crippen LogP contribution < -0.4 is 0 Å². The maximum atomic E-state index is 10.6. The SMILES string of the molecule is O=C(Cl)CCC1Cc2ccccc2C1. The standard InChI is InChI=1S/C12H13ClO/c13-12(14)6-5-9-7-10-3-1-2-4-11(10)8-9/h1-4,9H,5-8H2. The average Bonchev–Trinajstić information content (AvgIpc) is 2.57. The van der Waals surface area contributed by atoms with Gasteiger partial charge in [-0.05, 0) is 47.9 Å². The number of benzene rings is 1. The Bertz CT molecular complexity index is 321. The summed E-state index contributed by atoms with van der Waals surface area (Å²) in [4.78, 5) is 10.6. The van der Waals surface area contributed by atoms with Gasteiger partial charge in [-0.25, -0.2) is 0 Å². The summed E-state index contributed by atoms with van der Waals surface area (Å²) in [5.41, 5.74) is 2.89. The number of carbonyl (C=O) groups excluding carboxylic acids is 1. The van der Waals surface area contributed by atoms with Gasteiger partial charge in [-0.15, -0.1) is 0 Å². The summed E-state index contributed by atoms with van der Waals surface area (Å²) in [5, 5.41) is -0.207. The van der Waals surface area contributed by atoms with Crippen molar-refractivity contribution in [2.45, 2.75) is 25.7 Å². The molecular formula is C12H13ClO. The quantitative estimate of drug-likeness (QED) is 0.699. The van der Waals surface area contributed by atoms with Crippen molar-refractivity contribution in [1.82, 2.24) is 0 Å². The number of carbonyl (C=O) groups is 1. The lowest BCUT2D eigenvalue weighted by Gasteiger charge is -2.05. The van der Waals surface area contributed by atoms with Crippen molar-refractivity contribution in [2.24, 2.45) is 5.92 Å². The lowest BCUT2D eigenvalue weighted by Crippen LogP contribution is -2.01. The molecule has 0 amide bonds. The van der Waals surface area contributed by atoms with Crippen LogP contribution in [0.5, 0.6) is 0 Å². The van der Waals surface area contributed by atoms with Gasteiger partial charge in [-0.3, -0.25) is 4.79 Å². The van der Waals surface area contributed by atoms with Crippen LogP contribution in [0.15, 0.2) is 24.3 Å². The molecule has 0 N–H and O–H groups in total. The molecule has 0 bridgehead atoms. The normalized spacial score (nSPS) is 15.5. The smallest absolute Gasteiger partial charge is 0.221 e. The third kappa shape index (κ3) is 2.16. The van der Waals surface area contributed by atoms with Crippen molar-refractivity contribution in [3.05, 3.63) is 35.4 Å². The molecule has 1 aromatic carbocycles. The van der Waals surface area contributed by atoms with E-state index in [0.29, 0.717) is 12.3 Å². The van der Waals surface area contributed by atoms with Crippen LogP contribution in [0.1, 0.15) is 24.0 Å². The van der Waals surface area contributed by atoms with Crippen LogP contribution in [0, 0.1) is 5.92 Å². The summed E-state index contributed by atoms with van der Waals surface area (Å²) in [6, 6.07) is 8.51. The van der Waals surface area contributed by atoms with Crippen molar-refractivity contribution in [3.63, 3.8) is 0 Å². The minimum Gasteiger partial charge on any atom is -0.281 e. The van der Waals surface area contributed by atoms with Gasteiger partial charge < -0.3 is 0 Å². The highest BCUT2D eigenvalue weighted by atomic mass is 35.5. The number of halogens is 1. The zero-order chi connectivity index (χ0) is 9.97. The first-order valence-electron chi connectivity index (χ1n) is 5.01. The largest absolute Gasteiger partial charge is 0.281 e. The highest BCUT2D eigenvalue weighted by Gasteiger charge is 2.20. The molecule has 74 valence electrons. The Balaban J connectivity index is 1.95. The van der Waals surface area contributed by atoms with Crippen molar-refractivity contribution in [1.29, 1.82) is 0 Å². The van der Waals surface area contributed by atoms with Gasteiger partial charge in [0.2, 0.25) is 5.24 Å². The zero-order valence-corrected chi connectivity index (χ0v) is 8.76. The van der Waals surface area contributed by atoms with E-state index in [4.69, 9.17) is 11.6 Å². The summed E-state index contributed by atoms with van der Waals surface area (Å²) in [6.45, 7) is 0. The summed E-state index contributed by atoms with van der Waals surface area (Å²) < 4.78 is 0. The summed E-state index contributed by atoms with van der Waals surface area (Å²) in [7, 11) is 0. The van der Waals surface area contributed by atoms with Crippen molar-refractivity contribution in [2.75, 3.05) is 0 Å². The molecule has 0 aromatic heterocycles. The van der Waals surface area contributed by atoms with Crippen molar-refractivity contribution >= 4 is 16.8 Å². The number of rotatable bonds is 3. The first kappa shape index (κ1) is 9.72. The van der Waals surface area contributed by atoms with Gasteiger partial charge in [0.1, 0.15) is 0 Å². The Kier molecular flexibility index (Phi) is 2.87. The summed E-state index contributed by atoms with van der Waals surface area (Å²) in [5.74, 6) is 0.620. The fraction of sp³-hybridized carbons (Fsp3) is 0.417. The Hall–Kier alpha value is -0.820. The first-order valence-corrected chi connectivity index (χ1v) is 5.38. The molecule has 1 aromatic rings. The van der Waals surface area contributed by atoms with E-state index in [1.807, 2.05) is 0 Å². The van der Waals surface area contributed by atoms with Crippen LogP contribution in [0.3, 0.4) is 0 Å². The van der Waals surface area contributed by atoms with Gasteiger partial charge in [-0.2, -0.15) is 0 Å². The lowest BCUT2D eigenvalue weighted by molar-refractivity contribution is -0.111. The van der Waals surface area contributed by atoms with Crippen molar-refractivity contribution < 1.29 is 4.79 Å². The minimum atomic E-state index is -0.207. The molecule has 0 saturated carbocycles. The molecule has 14 heavy (non-hydrogen) atoms. The predicted octanol–water partition coefficient (Wildman–Crippen LogP) is 2.95. The molecular weight excluding hydrogens is 196 g/mol. The van der Waals surface area contributed by atoms with E-state index in [1.165, 1.54) is 11.1 Å². The Labute approximate surface area is 89.1 Å². The average molecular weight is 209 g/mol. The van der Waals surface area contributed by atoms with Gasteiger partial charge in [0.15, 0.2) is 0 Å². The van der Waals surface area contributed by atoms with Crippen molar-refractivity contribution in [3.8, 4) is 0 Å². The molecule has 1 aliphatic rings. The van der Waals surface area contributed by atoms with E-state index in [0.717, 1.165) is 19.3 Å². The molecule has 0 heterocycles. The van der Waals surface area contributed by atoms with Gasteiger partial charge in [0.05, 0.1) is 0 Å². The fourth-order valence-corrected chi connectivity index (χ4v) is 2.28. The molecule has 0 fully saturated rings. The second-order valence-electron chi connectivity index (χ2n) is 3.94. The Morgan fingerprint density at radius 3 is 2.36 bits per heavy atom. The lowest BCUT2D eigenvalue weighted by atomic mass is 10.0. The first-order chi connectivity index (χ1) is 6.75. The second-order valence-corrected chi connectivity index (χ2v) is 4.36. The van der Waals surface area contributed by atoms with Gasteiger partial charge in [-0.1, -0.05) is 24.3 Å². The highest BCUT2D eigenvalue weighted by Crippen LogP contribution is 2.29. The molecule has 2 heteroatoms. The maximum Gasteiger partial charge on any atom is 0.221 e. The third-order valence-electron chi connectivity index (χ3n) is 2.88. The van der Waals surface area contributed by atoms with E-state index >= 15 is 0 Å². The zero-order valence-electron chi connectivity index (χ0n) is 8.00. The van der Waals surface area contributed by atoms with E-state index in [1.54, 1.807) is 0 Å². The summed E-state index contributed by atoms with van der Waals surface area (Å²) >= 11 is 5.33. The van der Waals surface area contributed by atoms with Crippen LogP contribution in [0.2, 0.25) is 0 Å². The molecule has 1 nitrogen and oxygen atoms in total. The molecule has 0 aliphatic heterocycles. The molecule has 0 unspecified atom stereocenters. The van der Waals surface area contributed by atoms with E-state index in [2.05, 4.69) is 24.3 Å². The maximum absolute atomic E-state index is 10.6. The van der Waals surface area contributed by atoms with Crippen LogP contribution in [-0.2, 0) is 17.6 Å². The van der Waals surface area contributed by atoms with Gasteiger partial charge in [0, 0.05) is 6.42 Å². The third-order valence-corrected chi connectivity index (χ3v) is 3.07. The van der Waals surface area contributed by atoms with Crippen LogP contribution in [0.4, 0.5) is 0 Å². The molecule has 0 saturated heterocycles. The van der Waals surface area contributed by atoms with Crippen LogP contribution in [-0.4, -0.2) is 5.24 Å². The van der Waals surface area contributed by atoms with Crippen LogP contribution in [0.25, 0.3) is 0 Å². The van der Waals surface area contributed by atoms with E-state index < -0.39 is 0 Å². The van der Waals surface area contributed by atoms with Crippen LogP contribution >= 0.6 is 11.6 Å². The topological polar surface area (TPSA) is 17.1 Å². The van der Waals surface area contributed by atoms with E-state index in [-0.39, 0.29) is 5.24 Å². The number of fused-ring (bicyclic) bond motifs is 1. The second kappa shape index (κ2) is 4.14. The molecule has 2 rings (SSSR count). The predicted molar refractivity (Wildman–Crippen MR) is 57.4 cm³/mol.